The van der Waals surface area contributed by atoms with E-state index in [4.69, 9.17) is 4.98 Å². The molecule has 0 amide bonds. The minimum Gasteiger partial charge on any atom is -0.508 e. The van der Waals surface area contributed by atoms with E-state index in [-0.39, 0.29) is 0 Å². The third-order valence-electron chi connectivity index (χ3n) is 6.56. The van der Waals surface area contributed by atoms with Crippen LogP contribution in [-0.2, 0) is 12.0 Å². The van der Waals surface area contributed by atoms with E-state index in [0.717, 1.165) is 29.9 Å². The second-order valence-corrected chi connectivity index (χ2v) is 8.21. The fourth-order valence-electron chi connectivity index (χ4n) is 6.11. The Morgan fingerprint density at radius 2 is 1.70 bits per heavy atom. The molecule has 4 fully saturated rings. The molecule has 3 nitrogen and oxygen atoms in total. The van der Waals surface area contributed by atoms with E-state index in [1.807, 2.05) is 24.4 Å². The molecule has 2 aromatic rings. The van der Waals surface area contributed by atoms with Crippen LogP contribution in [0.5, 0.6) is 5.75 Å². The lowest BCUT2D eigenvalue weighted by Crippen LogP contribution is -2.49. The molecule has 3 heteroatoms. The van der Waals surface area contributed by atoms with Crippen LogP contribution in [0.2, 0.25) is 0 Å². The van der Waals surface area contributed by atoms with Gasteiger partial charge in [0, 0.05) is 23.4 Å². The Bertz CT molecular complexity index is 697. The SMILES string of the molecule is Oc1ccccc1Cn1ccnc1C12CC3CC(CC(C3)C1)C2. The minimum absolute atomic E-state index is 0.308. The first-order valence-electron chi connectivity index (χ1n) is 9.00. The summed E-state index contributed by atoms with van der Waals surface area (Å²) >= 11 is 0. The highest BCUT2D eigenvalue weighted by Gasteiger charge is 2.53. The number of para-hydroxylation sites is 1. The van der Waals surface area contributed by atoms with Gasteiger partial charge < -0.3 is 9.67 Å². The molecule has 4 saturated carbocycles. The Morgan fingerprint density at radius 3 is 2.35 bits per heavy atom. The average molecular weight is 308 g/mol. The topological polar surface area (TPSA) is 38.0 Å². The van der Waals surface area contributed by atoms with Crippen molar-refractivity contribution >= 4 is 0 Å². The second kappa shape index (κ2) is 4.86. The number of benzene rings is 1. The van der Waals surface area contributed by atoms with Crippen LogP contribution in [0, 0.1) is 17.8 Å². The van der Waals surface area contributed by atoms with E-state index in [1.165, 1.54) is 44.3 Å². The quantitative estimate of drug-likeness (QED) is 0.927. The number of imidazole rings is 1. The third kappa shape index (κ3) is 2.13. The van der Waals surface area contributed by atoms with E-state index >= 15 is 0 Å². The molecule has 23 heavy (non-hydrogen) atoms. The van der Waals surface area contributed by atoms with E-state index < -0.39 is 0 Å². The summed E-state index contributed by atoms with van der Waals surface area (Å²) in [5.74, 6) is 4.45. The van der Waals surface area contributed by atoms with Gasteiger partial charge in [-0.3, -0.25) is 0 Å². The first-order valence-corrected chi connectivity index (χ1v) is 9.00. The van der Waals surface area contributed by atoms with Gasteiger partial charge in [0.25, 0.3) is 0 Å². The van der Waals surface area contributed by atoms with Crippen LogP contribution in [0.25, 0.3) is 0 Å². The zero-order valence-electron chi connectivity index (χ0n) is 13.5. The average Bonchev–Trinajstić information content (AvgIpc) is 2.97. The molecule has 1 aromatic heterocycles. The normalized spacial score (nSPS) is 34.9. The lowest BCUT2D eigenvalue weighted by Gasteiger charge is -2.56. The summed E-state index contributed by atoms with van der Waals surface area (Å²) < 4.78 is 2.29. The summed E-state index contributed by atoms with van der Waals surface area (Å²) in [5, 5.41) is 10.1. The van der Waals surface area contributed by atoms with Crippen LogP contribution in [-0.4, -0.2) is 14.7 Å². The molecule has 0 unspecified atom stereocenters. The highest BCUT2D eigenvalue weighted by Crippen LogP contribution is 2.60. The van der Waals surface area contributed by atoms with Gasteiger partial charge in [0.15, 0.2) is 0 Å². The molecule has 0 radical (unpaired) electrons. The van der Waals surface area contributed by atoms with Crippen molar-refractivity contribution in [3.63, 3.8) is 0 Å². The van der Waals surface area contributed by atoms with Crippen molar-refractivity contribution in [2.24, 2.45) is 17.8 Å². The monoisotopic (exact) mass is 308 g/mol. The number of hydrogen-bond acceptors (Lipinski definition) is 2. The minimum atomic E-state index is 0.308. The summed E-state index contributed by atoms with van der Waals surface area (Å²) in [4.78, 5) is 4.81. The van der Waals surface area contributed by atoms with Gasteiger partial charge in [-0.1, -0.05) is 18.2 Å². The lowest BCUT2D eigenvalue weighted by atomic mass is 9.49. The lowest BCUT2D eigenvalue weighted by molar-refractivity contribution is -0.0108. The van der Waals surface area contributed by atoms with Crippen molar-refractivity contribution in [2.75, 3.05) is 0 Å². The number of aromatic nitrogens is 2. The predicted molar refractivity (Wildman–Crippen MR) is 89.3 cm³/mol. The molecule has 0 aliphatic heterocycles. The van der Waals surface area contributed by atoms with Gasteiger partial charge in [-0.05, 0) is 62.3 Å². The Balaban J connectivity index is 1.51. The Kier molecular flexibility index (Phi) is 2.88. The Labute approximate surface area is 137 Å². The van der Waals surface area contributed by atoms with Gasteiger partial charge in [-0.25, -0.2) is 4.98 Å². The van der Waals surface area contributed by atoms with E-state index in [0.29, 0.717) is 11.2 Å². The van der Waals surface area contributed by atoms with Crippen molar-refractivity contribution < 1.29 is 5.11 Å². The molecular weight excluding hydrogens is 284 g/mol. The van der Waals surface area contributed by atoms with Gasteiger partial charge in [0.1, 0.15) is 11.6 Å². The molecule has 0 spiro atoms. The van der Waals surface area contributed by atoms with Crippen LogP contribution in [0.1, 0.15) is 49.9 Å². The molecule has 4 aliphatic rings. The fraction of sp³-hybridized carbons (Fsp3) is 0.550. The molecule has 1 N–H and O–H groups in total. The summed E-state index contributed by atoms with van der Waals surface area (Å²) in [7, 11) is 0. The van der Waals surface area contributed by atoms with Crippen LogP contribution < -0.4 is 0 Å². The van der Waals surface area contributed by atoms with Crippen molar-refractivity contribution in [1.82, 2.24) is 9.55 Å². The van der Waals surface area contributed by atoms with Gasteiger partial charge in [0.2, 0.25) is 0 Å². The van der Waals surface area contributed by atoms with Gasteiger partial charge in [0.05, 0.1) is 6.54 Å². The number of phenols is 1. The molecule has 0 atom stereocenters. The molecule has 4 aliphatic carbocycles. The second-order valence-electron chi connectivity index (χ2n) is 8.21. The van der Waals surface area contributed by atoms with Gasteiger partial charge in [-0.15, -0.1) is 0 Å². The first-order chi connectivity index (χ1) is 11.2. The number of phenolic OH excluding ortho intramolecular Hbond substituents is 1. The number of hydrogen-bond donors (Lipinski definition) is 1. The Hall–Kier alpha value is -1.77. The Morgan fingerprint density at radius 1 is 1.04 bits per heavy atom. The number of rotatable bonds is 3. The summed E-state index contributed by atoms with van der Waals surface area (Å²) in [6.45, 7) is 0.726. The first kappa shape index (κ1) is 13.6. The summed E-state index contributed by atoms with van der Waals surface area (Å²) in [6.07, 6.45) is 12.4. The van der Waals surface area contributed by atoms with Crippen LogP contribution in [0.3, 0.4) is 0 Å². The molecular formula is C20H24N2O. The maximum atomic E-state index is 10.1. The zero-order valence-corrected chi connectivity index (χ0v) is 13.5. The molecule has 6 rings (SSSR count). The predicted octanol–water partition coefficient (Wildman–Crippen LogP) is 4.10. The molecule has 1 aromatic carbocycles. The largest absolute Gasteiger partial charge is 0.508 e. The van der Waals surface area contributed by atoms with Crippen molar-refractivity contribution in [2.45, 2.75) is 50.5 Å². The van der Waals surface area contributed by atoms with Crippen molar-refractivity contribution in [3.05, 3.63) is 48.0 Å². The van der Waals surface area contributed by atoms with Gasteiger partial charge in [-0.2, -0.15) is 0 Å². The van der Waals surface area contributed by atoms with Crippen molar-refractivity contribution in [1.29, 1.82) is 0 Å². The number of aromatic hydroxyl groups is 1. The zero-order chi connectivity index (χ0) is 15.4. The van der Waals surface area contributed by atoms with Crippen LogP contribution in [0.4, 0.5) is 0 Å². The molecule has 4 bridgehead atoms. The fourth-order valence-corrected chi connectivity index (χ4v) is 6.11. The van der Waals surface area contributed by atoms with Crippen molar-refractivity contribution in [3.8, 4) is 5.75 Å². The molecule has 120 valence electrons. The maximum absolute atomic E-state index is 10.1. The standard InChI is InChI=1S/C20H24N2O/c23-18-4-2-1-3-17(18)13-22-6-5-21-19(22)20-10-14-7-15(11-20)9-16(8-14)12-20/h1-6,14-16,23H,7-13H2. The highest BCUT2D eigenvalue weighted by molar-refractivity contribution is 5.32. The van der Waals surface area contributed by atoms with Crippen LogP contribution in [0.15, 0.2) is 36.7 Å². The highest BCUT2D eigenvalue weighted by atomic mass is 16.3. The summed E-state index contributed by atoms with van der Waals surface area (Å²) in [6, 6.07) is 7.67. The summed E-state index contributed by atoms with van der Waals surface area (Å²) in [5.41, 5.74) is 1.29. The van der Waals surface area contributed by atoms with E-state index in [2.05, 4.69) is 10.8 Å². The smallest absolute Gasteiger partial charge is 0.120 e. The molecule has 0 saturated heterocycles. The third-order valence-corrected chi connectivity index (χ3v) is 6.56. The molecule has 1 heterocycles. The van der Waals surface area contributed by atoms with Crippen LogP contribution >= 0.6 is 0 Å². The van der Waals surface area contributed by atoms with Gasteiger partial charge >= 0.3 is 0 Å². The maximum Gasteiger partial charge on any atom is 0.120 e. The van der Waals surface area contributed by atoms with E-state index in [1.54, 1.807) is 6.07 Å². The van der Waals surface area contributed by atoms with E-state index in [9.17, 15) is 5.11 Å². The number of nitrogens with zero attached hydrogens (tertiary/aromatic N) is 2.